The number of hydrogen-bond donors (Lipinski definition) is 1. The van der Waals surface area contributed by atoms with E-state index in [0.29, 0.717) is 22.8 Å². The van der Waals surface area contributed by atoms with E-state index in [2.05, 4.69) is 17.5 Å². The highest BCUT2D eigenvalue weighted by atomic mass is 35.5. The maximum atomic E-state index is 12.4. The zero-order valence-corrected chi connectivity index (χ0v) is 20.9. The quantitative estimate of drug-likeness (QED) is 0.0972. The molecule has 0 aliphatic rings. The summed E-state index contributed by atoms with van der Waals surface area (Å²) in [6.45, 7) is 2.23. The molecule has 0 unspecified atom stereocenters. The van der Waals surface area contributed by atoms with E-state index in [4.69, 9.17) is 21.1 Å². The minimum atomic E-state index is -0.575. The second-order valence-corrected chi connectivity index (χ2v) is 8.56. The van der Waals surface area contributed by atoms with Crippen molar-refractivity contribution < 1.29 is 19.1 Å². The number of hydrazone groups is 1. The van der Waals surface area contributed by atoms with Gasteiger partial charge in [0.2, 0.25) is 5.91 Å². The SMILES string of the molecule is CCCCCCCCCCCC(=O)N/N=C/c1ccc(OC(=O)c2ccccc2Cl)c(OC)c1. The summed E-state index contributed by atoms with van der Waals surface area (Å²) in [4.78, 5) is 24.4. The van der Waals surface area contributed by atoms with Gasteiger partial charge in [0.1, 0.15) is 0 Å². The fraction of sp³-hybridized carbons (Fsp3) is 0.444. The van der Waals surface area contributed by atoms with Gasteiger partial charge in [-0.25, -0.2) is 10.2 Å². The minimum Gasteiger partial charge on any atom is -0.493 e. The van der Waals surface area contributed by atoms with Gasteiger partial charge in [-0.3, -0.25) is 4.79 Å². The third kappa shape index (κ3) is 9.96. The molecule has 0 spiro atoms. The number of benzene rings is 2. The molecule has 0 fully saturated rings. The fourth-order valence-corrected chi connectivity index (χ4v) is 3.67. The topological polar surface area (TPSA) is 77.0 Å². The molecular formula is C27H35ClN2O4. The molecule has 0 saturated carbocycles. The molecule has 0 radical (unpaired) electrons. The lowest BCUT2D eigenvalue weighted by atomic mass is 10.1. The lowest BCUT2D eigenvalue weighted by Crippen LogP contribution is -2.16. The van der Waals surface area contributed by atoms with Crippen molar-refractivity contribution in [2.24, 2.45) is 5.10 Å². The van der Waals surface area contributed by atoms with Crippen LogP contribution in [-0.2, 0) is 4.79 Å². The summed E-state index contributed by atoms with van der Waals surface area (Å²) in [7, 11) is 1.48. The monoisotopic (exact) mass is 486 g/mol. The number of nitrogens with zero attached hydrogens (tertiary/aromatic N) is 1. The Morgan fingerprint density at radius 3 is 2.29 bits per heavy atom. The molecule has 1 amide bonds. The van der Waals surface area contributed by atoms with Crippen LogP contribution in [0, 0.1) is 0 Å². The number of nitrogens with one attached hydrogen (secondary N) is 1. The van der Waals surface area contributed by atoms with Gasteiger partial charge in [-0.2, -0.15) is 5.10 Å². The third-order valence-electron chi connectivity index (χ3n) is 5.39. The standard InChI is InChI=1S/C27H35ClN2O4/c1-3-4-5-6-7-8-9-10-11-16-26(31)30-29-20-21-17-18-24(25(19-21)33-2)34-27(32)22-14-12-13-15-23(22)28/h12-15,17-20H,3-11,16H2,1-2H3,(H,30,31)/b29-20+. The number of carbonyl (C=O) groups excluding carboxylic acids is 2. The number of hydrogen-bond acceptors (Lipinski definition) is 5. The molecule has 2 aromatic rings. The second kappa shape index (κ2) is 15.9. The van der Waals surface area contributed by atoms with E-state index in [1.54, 1.807) is 42.5 Å². The number of esters is 1. The number of amides is 1. The predicted molar refractivity (Wildman–Crippen MR) is 137 cm³/mol. The van der Waals surface area contributed by atoms with Crippen molar-refractivity contribution >= 4 is 29.7 Å². The van der Waals surface area contributed by atoms with Gasteiger partial charge < -0.3 is 9.47 Å². The third-order valence-corrected chi connectivity index (χ3v) is 5.72. The first-order valence-corrected chi connectivity index (χ1v) is 12.4. The zero-order valence-electron chi connectivity index (χ0n) is 20.1. The van der Waals surface area contributed by atoms with Gasteiger partial charge in [-0.1, -0.05) is 82.0 Å². The molecule has 0 atom stereocenters. The Morgan fingerprint density at radius 1 is 0.941 bits per heavy atom. The summed E-state index contributed by atoms with van der Waals surface area (Å²) >= 11 is 6.06. The smallest absolute Gasteiger partial charge is 0.345 e. The van der Waals surface area contributed by atoms with E-state index in [1.807, 2.05) is 0 Å². The highest BCUT2D eigenvalue weighted by Gasteiger charge is 2.15. The van der Waals surface area contributed by atoms with E-state index in [9.17, 15) is 9.59 Å². The average molecular weight is 487 g/mol. The van der Waals surface area contributed by atoms with Gasteiger partial charge in [-0.05, 0) is 42.3 Å². The molecule has 0 heterocycles. The molecule has 0 aromatic heterocycles. The molecule has 0 aliphatic heterocycles. The van der Waals surface area contributed by atoms with E-state index >= 15 is 0 Å². The van der Waals surface area contributed by atoms with Crippen molar-refractivity contribution in [3.63, 3.8) is 0 Å². The Hall–Kier alpha value is -2.86. The molecule has 0 bridgehead atoms. The van der Waals surface area contributed by atoms with Crippen molar-refractivity contribution in [3.05, 3.63) is 58.6 Å². The van der Waals surface area contributed by atoms with Crippen LogP contribution in [0.5, 0.6) is 11.5 Å². The highest BCUT2D eigenvalue weighted by molar-refractivity contribution is 6.33. The molecule has 7 heteroatoms. The number of ether oxygens (including phenoxy) is 2. The fourth-order valence-electron chi connectivity index (χ4n) is 3.46. The Labute approximate surface area is 207 Å². The number of carbonyl (C=O) groups is 2. The summed E-state index contributed by atoms with van der Waals surface area (Å²) in [5.74, 6) is -0.0464. The summed E-state index contributed by atoms with van der Waals surface area (Å²) in [5.41, 5.74) is 3.52. The Morgan fingerprint density at radius 2 is 1.62 bits per heavy atom. The molecule has 2 aromatic carbocycles. The number of unbranched alkanes of at least 4 members (excludes halogenated alkanes) is 8. The minimum absolute atomic E-state index is 0.101. The van der Waals surface area contributed by atoms with Crippen LogP contribution >= 0.6 is 11.6 Å². The van der Waals surface area contributed by atoms with Crippen molar-refractivity contribution in [3.8, 4) is 11.5 Å². The Bertz CT molecular complexity index is 946. The van der Waals surface area contributed by atoms with Gasteiger partial charge >= 0.3 is 5.97 Å². The van der Waals surface area contributed by atoms with Gasteiger partial charge in [-0.15, -0.1) is 0 Å². The van der Waals surface area contributed by atoms with Gasteiger partial charge in [0.15, 0.2) is 11.5 Å². The highest BCUT2D eigenvalue weighted by Crippen LogP contribution is 2.29. The molecule has 34 heavy (non-hydrogen) atoms. The normalized spacial score (nSPS) is 10.9. The number of rotatable bonds is 15. The first-order valence-electron chi connectivity index (χ1n) is 12.0. The summed E-state index contributed by atoms with van der Waals surface area (Å²) in [6.07, 6.45) is 12.9. The first-order chi connectivity index (χ1) is 16.5. The number of halogens is 1. The van der Waals surface area contributed by atoms with Gasteiger partial charge in [0, 0.05) is 6.42 Å². The maximum absolute atomic E-state index is 12.4. The van der Waals surface area contributed by atoms with Crippen LogP contribution in [0.25, 0.3) is 0 Å². The molecule has 184 valence electrons. The Kier molecular flexibility index (Phi) is 12.8. The molecule has 0 aliphatic carbocycles. The lowest BCUT2D eigenvalue weighted by molar-refractivity contribution is -0.121. The van der Waals surface area contributed by atoms with Crippen LogP contribution in [-0.4, -0.2) is 25.2 Å². The average Bonchev–Trinajstić information content (AvgIpc) is 2.84. The Balaban J connectivity index is 1.75. The van der Waals surface area contributed by atoms with Crippen molar-refractivity contribution in [1.29, 1.82) is 0 Å². The van der Waals surface area contributed by atoms with Crippen LogP contribution in [0.2, 0.25) is 5.02 Å². The van der Waals surface area contributed by atoms with E-state index in [0.717, 1.165) is 12.8 Å². The van der Waals surface area contributed by atoms with Crippen molar-refractivity contribution in [2.45, 2.75) is 71.1 Å². The lowest BCUT2D eigenvalue weighted by Gasteiger charge is -2.10. The van der Waals surface area contributed by atoms with Crippen molar-refractivity contribution in [2.75, 3.05) is 7.11 Å². The number of methoxy groups -OCH3 is 1. The second-order valence-electron chi connectivity index (χ2n) is 8.15. The van der Waals surface area contributed by atoms with E-state index in [1.165, 1.54) is 58.3 Å². The van der Waals surface area contributed by atoms with Crippen molar-refractivity contribution in [1.82, 2.24) is 5.43 Å². The first kappa shape index (κ1) is 27.4. The molecule has 0 saturated heterocycles. The predicted octanol–water partition coefficient (Wildman–Crippen LogP) is 6.94. The zero-order chi connectivity index (χ0) is 24.6. The van der Waals surface area contributed by atoms with Crippen LogP contribution in [0.15, 0.2) is 47.6 Å². The van der Waals surface area contributed by atoms with Gasteiger partial charge in [0.25, 0.3) is 0 Å². The van der Waals surface area contributed by atoms with E-state index in [-0.39, 0.29) is 17.2 Å². The van der Waals surface area contributed by atoms with Crippen LogP contribution < -0.4 is 14.9 Å². The maximum Gasteiger partial charge on any atom is 0.345 e. The largest absolute Gasteiger partial charge is 0.493 e. The summed E-state index contributed by atoms with van der Waals surface area (Å²) in [6, 6.07) is 11.7. The summed E-state index contributed by atoms with van der Waals surface area (Å²) < 4.78 is 10.8. The van der Waals surface area contributed by atoms with Crippen LogP contribution in [0.4, 0.5) is 0 Å². The van der Waals surface area contributed by atoms with Gasteiger partial charge in [0.05, 0.1) is 23.9 Å². The van der Waals surface area contributed by atoms with Crippen LogP contribution in [0.1, 0.15) is 87.1 Å². The summed E-state index contributed by atoms with van der Waals surface area (Å²) in [5, 5.41) is 4.33. The van der Waals surface area contributed by atoms with Crippen LogP contribution in [0.3, 0.4) is 0 Å². The molecular weight excluding hydrogens is 452 g/mol. The van der Waals surface area contributed by atoms with E-state index < -0.39 is 5.97 Å². The molecule has 1 N–H and O–H groups in total. The molecule has 6 nitrogen and oxygen atoms in total. The molecule has 2 rings (SSSR count).